The standard InChI is InChI=1S/C24H22FN3O2S/c25-19-10-4-6-12-21(19)27-14-16-28(17-15-27)24(30)23(29)26-20-11-5-7-13-22(20)31-18-8-2-1-3-9-18/h1-13H,14-17H2,(H,26,29). The lowest BCUT2D eigenvalue weighted by Crippen LogP contribution is -2.51. The van der Waals surface area contributed by atoms with Crippen molar-refractivity contribution in [3.63, 3.8) is 0 Å². The summed E-state index contributed by atoms with van der Waals surface area (Å²) in [6, 6.07) is 23.8. The lowest BCUT2D eigenvalue weighted by Gasteiger charge is -2.35. The summed E-state index contributed by atoms with van der Waals surface area (Å²) < 4.78 is 14.0. The van der Waals surface area contributed by atoms with E-state index in [0.717, 1.165) is 9.79 Å². The summed E-state index contributed by atoms with van der Waals surface area (Å²) in [7, 11) is 0. The van der Waals surface area contributed by atoms with Gasteiger partial charge in [0.15, 0.2) is 0 Å². The maximum atomic E-state index is 14.0. The molecule has 0 radical (unpaired) electrons. The fraction of sp³-hybridized carbons (Fsp3) is 0.167. The van der Waals surface area contributed by atoms with Gasteiger partial charge in [-0.15, -0.1) is 0 Å². The molecule has 3 aromatic carbocycles. The van der Waals surface area contributed by atoms with Gasteiger partial charge in [-0.2, -0.15) is 0 Å². The highest BCUT2D eigenvalue weighted by Gasteiger charge is 2.27. The van der Waals surface area contributed by atoms with E-state index in [1.807, 2.05) is 53.4 Å². The van der Waals surface area contributed by atoms with Crippen LogP contribution < -0.4 is 10.2 Å². The van der Waals surface area contributed by atoms with Crippen molar-refractivity contribution in [2.45, 2.75) is 9.79 Å². The normalized spacial score (nSPS) is 13.7. The Hall–Kier alpha value is -3.32. The second-order valence-corrected chi connectivity index (χ2v) is 8.21. The van der Waals surface area contributed by atoms with E-state index in [-0.39, 0.29) is 5.82 Å². The van der Waals surface area contributed by atoms with Crippen LogP contribution in [0.2, 0.25) is 0 Å². The first-order chi connectivity index (χ1) is 15.1. The molecule has 1 heterocycles. The topological polar surface area (TPSA) is 52.7 Å². The summed E-state index contributed by atoms with van der Waals surface area (Å²) in [5.41, 5.74) is 1.12. The Morgan fingerprint density at radius 2 is 1.45 bits per heavy atom. The summed E-state index contributed by atoms with van der Waals surface area (Å²) in [6.45, 7) is 1.67. The average molecular weight is 436 g/mol. The van der Waals surface area contributed by atoms with Gasteiger partial charge < -0.3 is 15.1 Å². The van der Waals surface area contributed by atoms with Crippen LogP contribution in [-0.4, -0.2) is 42.9 Å². The first kappa shape index (κ1) is 20.9. The van der Waals surface area contributed by atoms with Gasteiger partial charge in [0.25, 0.3) is 0 Å². The molecule has 0 aromatic heterocycles. The molecule has 7 heteroatoms. The van der Waals surface area contributed by atoms with Crippen molar-refractivity contribution >= 4 is 35.0 Å². The second kappa shape index (κ2) is 9.66. The molecular formula is C24H22FN3O2S. The number of carbonyl (C=O) groups excluding carboxylic acids is 2. The van der Waals surface area contributed by atoms with E-state index in [9.17, 15) is 14.0 Å². The summed E-state index contributed by atoms with van der Waals surface area (Å²) in [4.78, 5) is 30.6. The number of benzene rings is 3. The van der Waals surface area contributed by atoms with Gasteiger partial charge in [-0.25, -0.2) is 4.39 Å². The molecule has 1 aliphatic heterocycles. The minimum absolute atomic E-state index is 0.285. The molecule has 0 aliphatic carbocycles. The molecule has 2 amide bonds. The zero-order valence-corrected chi connectivity index (χ0v) is 17.6. The van der Waals surface area contributed by atoms with Crippen molar-refractivity contribution in [1.82, 2.24) is 4.90 Å². The predicted octanol–water partition coefficient (Wildman–Crippen LogP) is 4.26. The van der Waals surface area contributed by atoms with Crippen molar-refractivity contribution in [1.29, 1.82) is 0 Å². The number of anilines is 2. The van der Waals surface area contributed by atoms with Gasteiger partial charge in [-0.05, 0) is 36.4 Å². The van der Waals surface area contributed by atoms with Crippen LogP contribution in [0.3, 0.4) is 0 Å². The van der Waals surface area contributed by atoms with Crippen LogP contribution in [0.15, 0.2) is 88.7 Å². The Balaban J connectivity index is 1.38. The smallest absolute Gasteiger partial charge is 0.313 e. The highest BCUT2D eigenvalue weighted by atomic mass is 32.2. The first-order valence-electron chi connectivity index (χ1n) is 10.0. The molecule has 1 aliphatic rings. The van der Waals surface area contributed by atoms with Crippen LogP contribution in [0.1, 0.15) is 0 Å². The second-order valence-electron chi connectivity index (χ2n) is 7.10. The third-order valence-electron chi connectivity index (χ3n) is 5.06. The fourth-order valence-corrected chi connectivity index (χ4v) is 4.38. The van der Waals surface area contributed by atoms with Gasteiger partial charge in [0.2, 0.25) is 0 Å². The molecule has 1 N–H and O–H groups in total. The molecule has 31 heavy (non-hydrogen) atoms. The summed E-state index contributed by atoms with van der Waals surface area (Å²) in [5, 5.41) is 2.76. The van der Waals surface area contributed by atoms with Gasteiger partial charge in [-0.3, -0.25) is 9.59 Å². The van der Waals surface area contributed by atoms with E-state index >= 15 is 0 Å². The molecule has 1 saturated heterocycles. The van der Waals surface area contributed by atoms with Gasteiger partial charge in [0, 0.05) is 36.0 Å². The predicted molar refractivity (Wildman–Crippen MR) is 121 cm³/mol. The van der Waals surface area contributed by atoms with Crippen LogP contribution in [0, 0.1) is 5.82 Å². The SMILES string of the molecule is O=C(Nc1ccccc1Sc1ccccc1)C(=O)N1CCN(c2ccccc2F)CC1. The molecule has 0 saturated carbocycles. The Kier molecular flexibility index (Phi) is 6.52. The van der Waals surface area contributed by atoms with Crippen molar-refractivity contribution in [3.05, 3.63) is 84.7 Å². The Morgan fingerprint density at radius 3 is 2.19 bits per heavy atom. The highest BCUT2D eigenvalue weighted by Crippen LogP contribution is 2.33. The lowest BCUT2D eigenvalue weighted by atomic mass is 10.2. The fourth-order valence-electron chi connectivity index (χ4n) is 3.45. The number of halogens is 1. The number of rotatable bonds is 4. The molecule has 5 nitrogen and oxygen atoms in total. The number of nitrogens with one attached hydrogen (secondary N) is 1. The molecular weight excluding hydrogens is 413 g/mol. The zero-order valence-electron chi connectivity index (χ0n) is 16.8. The quantitative estimate of drug-likeness (QED) is 0.622. The van der Waals surface area contributed by atoms with Crippen LogP contribution in [0.5, 0.6) is 0 Å². The maximum absolute atomic E-state index is 14.0. The van der Waals surface area contributed by atoms with E-state index in [4.69, 9.17) is 0 Å². The minimum atomic E-state index is -0.666. The average Bonchev–Trinajstić information content (AvgIpc) is 2.81. The minimum Gasteiger partial charge on any atom is -0.366 e. The summed E-state index contributed by atoms with van der Waals surface area (Å²) >= 11 is 1.52. The Bertz CT molecular complexity index is 1070. The number of amides is 2. The van der Waals surface area contributed by atoms with Gasteiger partial charge in [-0.1, -0.05) is 54.2 Å². The van der Waals surface area contributed by atoms with Crippen molar-refractivity contribution in [2.75, 3.05) is 36.4 Å². The molecule has 0 atom stereocenters. The number of para-hydroxylation sites is 2. The third-order valence-corrected chi connectivity index (χ3v) is 6.14. The summed E-state index contributed by atoms with van der Waals surface area (Å²) in [6.07, 6.45) is 0. The van der Waals surface area contributed by atoms with E-state index in [1.165, 1.54) is 22.7 Å². The van der Waals surface area contributed by atoms with Crippen LogP contribution in [0.4, 0.5) is 15.8 Å². The number of hydrogen-bond donors (Lipinski definition) is 1. The van der Waals surface area contributed by atoms with Crippen molar-refractivity contribution < 1.29 is 14.0 Å². The summed E-state index contributed by atoms with van der Waals surface area (Å²) in [5.74, 6) is -1.53. The molecule has 0 bridgehead atoms. The Morgan fingerprint density at radius 1 is 0.806 bits per heavy atom. The number of hydrogen-bond acceptors (Lipinski definition) is 4. The molecule has 158 valence electrons. The zero-order chi connectivity index (χ0) is 21.6. The number of nitrogens with zero attached hydrogens (tertiary/aromatic N) is 2. The van der Waals surface area contributed by atoms with E-state index in [1.54, 1.807) is 24.3 Å². The van der Waals surface area contributed by atoms with Gasteiger partial charge in [0.1, 0.15) is 5.82 Å². The van der Waals surface area contributed by atoms with Gasteiger partial charge >= 0.3 is 11.8 Å². The Labute approximate surface area is 184 Å². The molecule has 3 aromatic rings. The maximum Gasteiger partial charge on any atom is 0.313 e. The number of piperazine rings is 1. The van der Waals surface area contributed by atoms with E-state index in [2.05, 4.69) is 5.32 Å². The largest absolute Gasteiger partial charge is 0.366 e. The van der Waals surface area contributed by atoms with Crippen molar-refractivity contribution in [3.8, 4) is 0 Å². The molecule has 4 rings (SSSR count). The molecule has 0 spiro atoms. The van der Waals surface area contributed by atoms with Crippen molar-refractivity contribution in [2.24, 2.45) is 0 Å². The molecule has 1 fully saturated rings. The first-order valence-corrected chi connectivity index (χ1v) is 10.8. The lowest BCUT2D eigenvalue weighted by molar-refractivity contribution is -0.143. The van der Waals surface area contributed by atoms with E-state index in [0.29, 0.717) is 37.6 Å². The molecule has 0 unspecified atom stereocenters. The van der Waals surface area contributed by atoms with E-state index < -0.39 is 11.8 Å². The van der Waals surface area contributed by atoms with Crippen LogP contribution >= 0.6 is 11.8 Å². The van der Waals surface area contributed by atoms with Crippen LogP contribution in [0.25, 0.3) is 0 Å². The highest BCUT2D eigenvalue weighted by molar-refractivity contribution is 7.99. The number of carbonyl (C=O) groups is 2. The monoisotopic (exact) mass is 435 g/mol. The van der Waals surface area contributed by atoms with Crippen LogP contribution in [-0.2, 0) is 9.59 Å². The third kappa shape index (κ3) is 5.06. The van der Waals surface area contributed by atoms with Gasteiger partial charge in [0.05, 0.1) is 11.4 Å².